The highest BCUT2D eigenvalue weighted by molar-refractivity contribution is 6.35. The van der Waals surface area contributed by atoms with Gasteiger partial charge in [-0.3, -0.25) is 9.59 Å². The van der Waals surface area contributed by atoms with Crippen LogP contribution in [0.15, 0.2) is 24.3 Å². The monoisotopic (exact) mass is 359 g/mol. The molecular formula is C16H19Cl2NO4. The van der Waals surface area contributed by atoms with E-state index in [4.69, 9.17) is 27.9 Å². The van der Waals surface area contributed by atoms with Crippen LogP contribution in [0, 0.1) is 0 Å². The highest BCUT2D eigenvalue weighted by Crippen LogP contribution is 2.22. The maximum absolute atomic E-state index is 12.3. The van der Waals surface area contributed by atoms with Crippen LogP contribution in [-0.2, 0) is 19.1 Å². The van der Waals surface area contributed by atoms with E-state index in [0.717, 1.165) is 0 Å². The van der Waals surface area contributed by atoms with E-state index >= 15 is 0 Å². The van der Waals surface area contributed by atoms with Gasteiger partial charge in [-0.05, 0) is 23.8 Å². The van der Waals surface area contributed by atoms with Gasteiger partial charge in [0.15, 0.2) is 0 Å². The number of esters is 1. The number of benzene rings is 1. The van der Waals surface area contributed by atoms with Crippen molar-refractivity contribution in [2.24, 2.45) is 0 Å². The second-order valence-corrected chi connectivity index (χ2v) is 5.49. The molecule has 1 aromatic carbocycles. The molecule has 0 bridgehead atoms. The van der Waals surface area contributed by atoms with Gasteiger partial charge in [-0.2, -0.15) is 0 Å². The van der Waals surface area contributed by atoms with Crippen molar-refractivity contribution in [2.75, 3.05) is 33.9 Å². The van der Waals surface area contributed by atoms with Crippen molar-refractivity contribution in [2.45, 2.75) is 6.42 Å². The Hall–Kier alpha value is -1.56. The molecule has 1 amide bonds. The Morgan fingerprint density at radius 3 is 2.57 bits per heavy atom. The number of nitrogens with zero attached hydrogens (tertiary/aromatic N) is 1. The van der Waals surface area contributed by atoms with E-state index in [9.17, 15) is 9.59 Å². The fraction of sp³-hybridized carbons (Fsp3) is 0.375. The Morgan fingerprint density at radius 1 is 1.22 bits per heavy atom. The minimum Gasteiger partial charge on any atom is -0.469 e. The molecule has 126 valence electrons. The van der Waals surface area contributed by atoms with Crippen molar-refractivity contribution in [3.8, 4) is 0 Å². The van der Waals surface area contributed by atoms with Crippen LogP contribution in [0.5, 0.6) is 0 Å². The summed E-state index contributed by atoms with van der Waals surface area (Å²) < 4.78 is 9.57. The van der Waals surface area contributed by atoms with Gasteiger partial charge in [-0.25, -0.2) is 0 Å². The molecule has 0 radical (unpaired) electrons. The third-order valence-corrected chi connectivity index (χ3v) is 3.62. The molecule has 0 aliphatic rings. The van der Waals surface area contributed by atoms with Crippen LogP contribution in [0.25, 0.3) is 6.08 Å². The minimum atomic E-state index is -0.370. The minimum absolute atomic E-state index is 0.126. The molecular weight excluding hydrogens is 341 g/mol. The first-order valence-electron chi connectivity index (χ1n) is 6.95. The molecule has 0 atom stereocenters. The van der Waals surface area contributed by atoms with E-state index in [1.165, 1.54) is 18.1 Å². The summed E-state index contributed by atoms with van der Waals surface area (Å²) in [6.45, 7) is 1.01. The van der Waals surface area contributed by atoms with E-state index in [1.807, 2.05) is 0 Å². The van der Waals surface area contributed by atoms with E-state index in [-0.39, 0.29) is 24.8 Å². The van der Waals surface area contributed by atoms with Crippen molar-refractivity contribution >= 4 is 41.2 Å². The van der Waals surface area contributed by atoms with Gasteiger partial charge in [0, 0.05) is 36.3 Å². The smallest absolute Gasteiger partial charge is 0.307 e. The maximum Gasteiger partial charge on any atom is 0.307 e. The molecule has 0 saturated carbocycles. The third-order valence-electron chi connectivity index (χ3n) is 3.06. The standard InChI is InChI=1S/C16H19Cl2NO4/c1-22-10-9-19(8-7-16(21)23-2)15(20)6-4-12-3-5-13(17)11-14(12)18/h3-6,11H,7-10H2,1-2H3/b6-4+. The summed E-state index contributed by atoms with van der Waals surface area (Å²) in [7, 11) is 2.86. The summed E-state index contributed by atoms with van der Waals surface area (Å²) in [6.07, 6.45) is 3.14. The number of hydrogen-bond donors (Lipinski definition) is 0. The quantitative estimate of drug-likeness (QED) is 0.528. The van der Waals surface area contributed by atoms with Crippen LogP contribution in [0.3, 0.4) is 0 Å². The molecule has 5 nitrogen and oxygen atoms in total. The van der Waals surface area contributed by atoms with Crippen LogP contribution >= 0.6 is 23.2 Å². The second-order valence-electron chi connectivity index (χ2n) is 4.64. The van der Waals surface area contributed by atoms with Gasteiger partial charge in [0.1, 0.15) is 0 Å². The van der Waals surface area contributed by atoms with Gasteiger partial charge in [-0.1, -0.05) is 29.3 Å². The average molecular weight is 360 g/mol. The number of hydrogen-bond acceptors (Lipinski definition) is 4. The number of methoxy groups -OCH3 is 2. The largest absolute Gasteiger partial charge is 0.469 e. The van der Waals surface area contributed by atoms with Gasteiger partial charge in [0.2, 0.25) is 5.91 Å². The van der Waals surface area contributed by atoms with Crippen molar-refractivity contribution in [1.29, 1.82) is 0 Å². The molecule has 1 rings (SSSR count). The predicted molar refractivity (Wildman–Crippen MR) is 90.6 cm³/mol. The number of carbonyl (C=O) groups excluding carboxylic acids is 2. The highest BCUT2D eigenvalue weighted by Gasteiger charge is 2.13. The summed E-state index contributed by atoms with van der Waals surface area (Å²) in [5.74, 6) is -0.609. The number of ether oxygens (including phenoxy) is 2. The number of halogens is 2. The second kappa shape index (κ2) is 10.3. The first-order chi connectivity index (χ1) is 11.0. The normalized spacial score (nSPS) is 10.8. The first-order valence-corrected chi connectivity index (χ1v) is 7.71. The maximum atomic E-state index is 12.3. The molecule has 0 saturated heterocycles. The van der Waals surface area contributed by atoms with Gasteiger partial charge in [0.25, 0.3) is 0 Å². The summed E-state index contributed by atoms with van der Waals surface area (Å²) in [5.41, 5.74) is 0.684. The SMILES string of the molecule is COCCN(CCC(=O)OC)C(=O)/C=C/c1ccc(Cl)cc1Cl. The molecule has 0 aliphatic heterocycles. The molecule has 7 heteroatoms. The molecule has 0 spiro atoms. The van der Waals surface area contributed by atoms with Crippen molar-refractivity contribution in [1.82, 2.24) is 4.90 Å². The van der Waals surface area contributed by atoms with Crippen molar-refractivity contribution in [3.63, 3.8) is 0 Å². The molecule has 0 unspecified atom stereocenters. The highest BCUT2D eigenvalue weighted by atomic mass is 35.5. The Bertz CT molecular complexity index is 575. The topological polar surface area (TPSA) is 55.8 Å². The van der Waals surface area contributed by atoms with E-state index in [0.29, 0.717) is 28.8 Å². The summed E-state index contributed by atoms with van der Waals surface area (Å²) in [5, 5.41) is 0.984. The van der Waals surface area contributed by atoms with Crippen LogP contribution in [0.2, 0.25) is 10.0 Å². The van der Waals surface area contributed by atoms with Gasteiger partial charge in [-0.15, -0.1) is 0 Å². The zero-order valence-electron chi connectivity index (χ0n) is 13.1. The fourth-order valence-corrected chi connectivity index (χ4v) is 2.24. The number of rotatable bonds is 8. The molecule has 23 heavy (non-hydrogen) atoms. The summed E-state index contributed by atoms with van der Waals surface area (Å²) in [4.78, 5) is 25.0. The molecule has 0 fully saturated rings. The zero-order valence-corrected chi connectivity index (χ0v) is 14.6. The number of carbonyl (C=O) groups is 2. The van der Waals surface area contributed by atoms with Gasteiger partial charge >= 0.3 is 5.97 Å². The van der Waals surface area contributed by atoms with Gasteiger partial charge in [0.05, 0.1) is 20.1 Å². The molecule has 0 aliphatic carbocycles. The lowest BCUT2D eigenvalue weighted by molar-refractivity contribution is -0.141. The van der Waals surface area contributed by atoms with Crippen LogP contribution < -0.4 is 0 Å². The van der Waals surface area contributed by atoms with E-state index in [2.05, 4.69) is 4.74 Å². The first kappa shape index (κ1) is 19.5. The molecule has 0 aromatic heterocycles. The van der Waals surface area contributed by atoms with Gasteiger partial charge < -0.3 is 14.4 Å². The molecule has 0 N–H and O–H groups in total. The molecule has 0 heterocycles. The van der Waals surface area contributed by atoms with Crippen molar-refractivity contribution in [3.05, 3.63) is 39.9 Å². The summed E-state index contributed by atoms with van der Waals surface area (Å²) in [6, 6.07) is 5.02. The average Bonchev–Trinajstić information content (AvgIpc) is 2.53. The zero-order chi connectivity index (χ0) is 17.2. The fourth-order valence-electron chi connectivity index (χ4n) is 1.77. The predicted octanol–water partition coefficient (Wildman–Crippen LogP) is 3.04. The Morgan fingerprint density at radius 2 is 1.96 bits per heavy atom. The Kier molecular flexibility index (Phi) is 8.69. The Labute approximate surface area is 145 Å². The lowest BCUT2D eigenvalue weighted by atomic mass is 10.2. The molecule has 1 aromatic rings. The van der Waals surface area contributed by atoms with E-state index < -0.39 is 0 Å². The Balaban J connectivity index is 2.74. The van der Waals surface area contributed by atoms with E-state index in [1.54, 1.807) is 31.4 Å². The lowest BCUT2D eigenvalue weighted by Gasteiger charge is -2.20. The van der Waals surface area contributed by atoms with Crippen molar-refractivity contribution < 1.29 is 19.1 Å². The van der Waals surface area contributed by atoms with Crippen LogP contribution in [0.4, 0.5) is 0 Å². The third kappa shape index (κ3) is 7.03. The lowest BCUT2D eigenvalue weighted by Crippen LogP contribution is -2.34. The summed E-state index contributed by atoms with van der Waals surface area (Å²) >= 11 is 11.9. The van der Waals surface area contributed by atoms with Crippen LogP contribution in [0.1, 0.15) is 12.0 Å². The number of amides is 1. The van der Waals surface area contributed by atoms with Crippen LogP contribution in [-0.4, -0.2) is 50.7 Å².